The lowest BCUT2D eigenvalue weighted by Crippen LogP contribution is -2.34. The summed E-state index contributed by atoms with van der Waals surface area (Å²) < 4.78 is 0.708. The van der Waals surface area contributed by atoms with Gasteiger partial charge in [0.1, 0.15) is 0 Å². The summed E-state index contributed by atoms with van der Waals surface area (Å²) in [5, 5.41) is 12.6. The average Bonchev–Trinajstić information content (AvgIpc) is 2.47. The predicted molar refractivity (Wildman–Crippen MR) is 98.2 cm³/mol. The number of hydrogen-bond acceptors (Lipinski definition) is 2. The van der Waals surface area contributed by atoms with Gasteiger partial charge in [0.25, 0.3) is 5.91 Å². The topological polar surface area (TPSA) is 66.4 Å². The van der Waals surface area contributed by atoms with Crippen LogP contribution in [0.2, 0.25) is 5.02 Å². The summed E-state index contributed by atoms with van der Waals surface area (Å²) in [6, 6.07) is 11.9. The molecule has 0 fully saturated rings. The molecule has 2 aromatic rings. The number of carbonyl (C=O) groups is 2. The van der Waals surface area contributed by atoms with Crippen LogP contribution in [0.5, 0.6) is 0 Å². The van der Waals surface area contributed by atoms with Crippen molar-refractivity contribution < 1.29 is 14.7 Å². The van der Waals surface area contributed by atoms with E-state index in [1.807, 2.05) is 47.7 Å². The Balaban J connectivity index is 2.09. The van der Waals surface area contributed by atoms with Crippen molar-refractivity contribution in [1.29, 1.82) is 0 Å². The highest BCUT2D eigenvalue weighted by Gasteiger charge is 2.15. The number of rotatable bonds is 5. The normalized spacial score (nSPS) is 11.8. The number of hydrogen-bond donors (Lipinski definition) is 2. The number of nitrogens with one attached hydrogen (secondary N) is 1. The van der Waals surface area contributed by atoms with Gasteiger partial charge in [0.05, 0.1) is 11.1 Å². The van der Waals surface area contributed by atoms with Gasteiger partial charge in [0.2, 0.25) is 0 Å². The van der Waals surface area contributed by atoms with E-state index in [0.29, 0.717) is 20.6 Å². The van der Waals surface area contributed by atoms with Gasteiger partial charge in [0, 0.05) is 14.6 Å². The summed E-state index contributed by atoms with van der Waals surface area (Å²) in [5.41, 5.74) is 1.49. The molecule has 2 N–H and O–H groups in total. The molecule has 6 heteroatoms. The van der Waals surface area contributed by atoms with Crippen molar-refractivity contribution in [2.45, 2.75) is 19.4 Å². The lowest BCUT2D eigenvalue weighted by Gasteiger charge is -2.15. The van der Waals surface area contributed by atoms with Crippen LogP contribution in [0.1, 0.15) is 33.2 Å². The highest BCUT2D eigenvalue weighted by atomic mass is 127. The Labute approximate surface area is 153 Å². The number of carboxylic acids is 1. The Morgan fingerprint density at radius 2 is 2.00 bits per heavy atom. The molecule has 0 spiro atoms. The molecular formula is C17H15ClINO3. The fourth-order valence-corrected chi connectivity index (χ4v) is 3.00. The Morgan fingerprint density at radius 3 is 2.65 bits per heavy atom. The van der Waals surface area contributed by atoms with Crippen LogP contribution in [-0.4, -0.2) is 23.0 Å². The second-order valence-corrected chi connectivity index (χ2v) is 6.81. The van der Waals surface area contributed by atoms with Gasteiger partial charge in [-0.25, -0.2) is 4.79 Å². The fraction of sp³-hybridized carbons (Fsp3) is 0.176. The highest BCUT2D eigenvalue weighted by Crippen LogP contribution is 2.16. The van der Waals surface area contributed by atoms with E-state index in [0.717, 1.165) is 5.56 Å². The molecule has 0 radical (unpaired) electrons. The summed E-state index contributed by atoms with van der Waals surface area (Å²) in [4.78, 5) is 23.4. The summed E-state index contributed by atoms with van der Waals surface area (Å²) in [6.07, 6.45) is 0.640. The molecule has 0 aromatic heterocycles. The maximum atomic E-state index is 12.4. The van der Waals surface area contributed by atoms with Crippen LogP contribution >= 0.6 is 34.2 Å². The molecule has 2 aromatic carbocycles. The van der Waals surface area contributed by atoms with Crippen molar-refractivity contribution in [1.82, 2.24) is 5.32 Å². The molecule has 1 amide bonds. The van der Waals surface area contributed by atoms with Crippen LogP contribution in [-0.2, 0) is 6.42 Å². The summed E-state index contributed by atoms with van der Waals surface area (Å²) >= 11 is 7.97. The molecule has 0 saturated heterocycles. The molecule has 0 aliphatic heterocycles. The van der Waals surface area contributed by atoms with E-state index in [-0.39, 0.29) is 17.5 Å². The number of halogens is 2. The Bertz CT molecular complexity index is 748. The molecule has 0 saturated carbocycles. The van der Waals surface area contributed by atoms with Crippen molar-refractivity contribution in [3.63, 3.8) is 0 Å². The Hall–Kier alpha value is -1.60. The third-order valence-electron chi connectivity index (χ3n) is 3.27. The van der Waals surface area contributed by atoms with Crippen molar-refractivity contribution in [2.24, 2.45) is 0 Å². The van der Waals surface area contributed by atoms with Gasteiger partial charge in [-0.2, -0.15) is 0 Å². The third kappa shape index (κ3) is 4.94. The summed E-state index contributed by atoms with van der Waals surface area (Å²) in [6.45, 7) is 1.90. The minimum atomic E-state index is -1.05. The third-order valence-corrected chi connectivity index (χ3v) is 4.44. The van der Waals surface area contributed by atoms with E-state index in [1.54, 1.807) is 12.1 Å². The molecule has 2 rings (SSSR count). The smallest absolute Gasteiger partial charge is 0.335 e. The first kappa shape index (κ1) is 17.7. The molecule has 0 aliphatic carbocycles. The molecule has 1 unspecified atom stereocenters. The van der Waals surface area contributed by atoms with Gasteiger partial charge >= 0.3 is 5.97 Å². The first-order chi connectivity index (χ1) is 10.9. The highest BCUT2D eigenvalue weighted by molar-refractivity contribution is 14.1. The number of carboxylic acid groups (broad SMARTS) is 1. The van der Waals surface area contributed by atoms with Gasteiger partial charge in [-0.05, 0) is 71.8 Å². The van der Waals surface area contributed by atoms with Crippen LogP contribution in [0.4, 0.5) is 0 Å². The molecule has 23 heavy (non-hydrogen) atoms. The van der Waals surface area contributed by atoms with Gasteiger partial charge < -0.3 is 10.4 Å². The molecule has 120 valence electrons. The van der Waals surface area contributed by atoms with Crippen molar-refractivity contribution in [3.8, 4) is 0 Å². The molecular weight excluding hydrogens is 429 g/mol. The number of benzene rings is 2. The number of amides is 1. The largest absolute Gasteiger partial charge is 0.478 e. The maximum absolute atomic E-state index is 12.4. The maximum Gasteiger partial charge on any atom is 0.335 e. The first-order valence-corrected chi connectivity index (χ1v) is 8.40. The van der Waals surface area contributed by atoms with E-state index in [2.05, 4.69) is 5.32 Å². The average molecular weight is 444 g/mol. The Morgan fingerprint density at radius 1 is 1.26 bits per heavy atom. The number of aromatic carboxylic acids is 1. The molecule has 1 atom stereocenters. The number of carbonyl (C=O) groups excluding carboxylic acids is 1. The van der Waals surface area contributed by atoms with Crippen LogP contribution in [0, 0.1) is 3.57 Å². The second kappa shape index (κ2) is 7.79. The first-order valence-electron chi connectivity index (χ1n) is 6.95. The van der Waals surface area contributed by atoms with E-state index in [9.17, 15) is 9.59 Å². The van der Waals surface area contributed by atoms with Crippen molar-refractivity contribution >= 4 is 46.1 Å². The van der Waals surface area contributed by atoms with E-state index < -0.39 is 5.97 Å². The van der Waals surface area contributed by atoms with Gasteiger partial charge in [0.15, 0.2) is 0 Å². The summed E-state index contributed by atoms with van der Waals surface area (Å²) in [7, 11) is 0. The van der Waals surface area contributed by atoms with Gasteiger partial charge in [-0.15, -0.1) is 0 Å². The standard InChI is InChI=1S/C17H15ClINO3/c1-10(7-11-3-2-4-13(18)8-11)20-16(21)14-9-12(17(22)23)5-6-15(14)19/h2-6,8-10H,7H2,1H3,(H,20,21)(H,22,23). The zero-order chi connectivity index (χ0) is 17.0. The second-order valence-electron chi connectivity index (χ2n) is 5.21. The molecule has 0 heterocycles. The van der Waals surface area contributed by atoms with Crippen LogP contribution in [0.15, 0.2) is 42.5 Å². The SMILES string of the molecule is CC(Cc1cccc(Cl)c1)NC(=O)c1cc(C(=O)O)ccc1I. The quantitative estimate of drug-likeness (QED) is 0.687. The lowest BCUT2D eigenvalue weighted by molar-refractivity contribution is 0.0697. The van der Waals surface area contributed by atoms with Gasteiger partial charge in [-0.3, -0.25) is 4.79 Å². The lowest BCUT2D eigenvalue weighted by atomic mass is 10.1. The monoisotopic (exact) mass is 443 g/mol. The molecule has 0 aliphatic rings. The zero-order valence-electron chi connectivity index (χ0n) is 12.3. The van der Waals surface area contributed by atoms with Crippen LogP contribution in [0.3, 0.4) is 0 Å². The van der Waals surface area contributed by atoms with E-state index in [1.165, 1.54) is 12.1 Å². The van der Waals surface area contributed by atoms with E-state index >= 15 is 0 Å². The molecule has 4 nitrogen and oxygen atoms in total. The van der Waals surface area contributed by atoms with E-state index in [4.69, 9.17) is 16.7 Å². The minimum Gasteiger partial charge on any atom is -0.478 e. The van der Waals surface area contributed by atoms with Crippen molar-refractivity contribution in [2.75, 3.05) is 0 Å². The fourth-order valence-electron chi connectivity index (χ4n) is 2.20. The zero-order valence-corrected chi connectivity index (χ0v) is 15.3. The van der Waals surface area contributed by atoms with Crippen LogP contribution in [0.25, 0.3) is 0 Å². The van der Waals surface area contributed by atoms with Crippen molar-refractivity contribution in [3.05, 3.63) is 67.7 Å². The predicted octanol–water partition coefficient (Wildman–Crippen LogP) is 4.00. The van der Waals surface area contributed by atoms with Gasteiger partial charge in [-0.1, -0.05) is 23.7 Å². The summed E-state index contributed by atoms with van der Waals surface area (Å²) in [5.74, 6) is -1.34. The minimum absolute atomic E-state index is 0.0954. The molecule has 0 bridgehead atoms. The van der Waals surface area contributed by atoms with Crippen LogP contribution < -0.4 is 5.32 Å². The Kier molecular flexibility index (Phi) is 6.01.